The summed E-state index contributed by atoms with van der Waals surface area (Å²) < 4.78 is 0. The summed E-state index contributed by atoms with van der Waals surface area (Å²) in [5.74, 6) is -0.866. The summed E-state index contributed by atoms with van der Waals surface area (Å²) in [6, 6.07) is 14.6. The Morgan fingerprint density at radius 3 is 2.57 bits per heavy atom. The van der Waals surface area contributed by atoms with Crippen LogP contribution in [0, 0.1) is 0 Å². The average molecular weight is 376 g/mol. The van der Waals surface area contributed by atoms with E-state index >= 15 is 0 Å². The van der Waals surface area contributed by atoms with Gasteiger partial charge >= 0.3 is 0 Å². The van der Waals surface area contributed by atoms with Crippen molar-refractivity contribution in [1.82, 2.24) is 21.0 Å². The first kappa shape index (κ1) is 17.9. The largest absolute Gasteiger partial charge is 0.290 e. The van der Waals surface area contributed by atoms with Gasteiger partial charge in [0.05, 0.1) is 10.8 Å². The number of hydrogen-bond acceptors (Lipinski definition) is 4. The number of nitrogens with zero attached hydrogens (tertiary/aromatic N) is 1. The Kier molecular flexibility index (Phi) is 4.43. The molecule has 0 fully saturated rings. The molecular formula is C21H20N4O3. The van der Waals surface area contributed by atoms with Gasteiger partial charge in [-0.2, -0.15) is 5.10 Å². The fourth-order valence-electron chi connectivity index (χ4n) is 3.88. The van der Waals surface area contributed by atoms with Crippen molar-refractivity contribution in [3.63, 3.8) is 0 Å². The highest BCUT2D eigenvalue weighted by atomic mass is 16.2. The van der Waals surface area contributed by atoms with E-state index in [0.717, 1.165) is 24.0 Å². The Hall–Kier alpha value is -3.48. The van der Waals surface area contributed by atoms with Crippen molar-refractivity contribution >= 4 is 22.6 Å². The highest BCUT2D eigenvalue weighted by Gasteiger charge is 2.39. The molecule has 7 heteroatoms. The van der Waals surface area contributed by atoms with Crippen LogP contribution in [0.3, 0.4) is 0 Å². The third-order valence-electron chi connectivity index (χ3n) is 5.44. The van der Waals surface area contributed by atoms with Gasteiger partial charge in [0.15, 0.2) is 5.69 Å². The minimum absolute atomic E-state index is 0.0460. The van der Waals surface area contributed by atoms with Crippen LogP contribution < -0.4 is 16.4 Å². The Morgan fingerprint density at radius 1 is 1.04 bits per heavy atom. The van der Waals surface area contributed by atoms with Crippen molar-refractivity contribution in [3.05, 3.63) is 75.7 Å². The number of benzene rings is 2. The summed E-state index contributed by atoms with van der Waals surface area (Å²) in [5.41, 5.74) is 6.08. The number of aromatic nitrogens is 2. The minimum atomic E-state index is -0.720. The number of carbonyl (C=O) groups excluding carboxylic acids is 2. The molecule has 3 aromatic rings. The molecule has 0 aliphatic heterocycles. The number of carbonyl (C=O) groups is 2. The van der Waals surface area contributed by atoms with Crippen molar-refractivity contribution in [1.29, 1.82) is 0 Å². The number of rotatable bonds is 2. The van der Waals surface area contributed by atoms with Crippen LogP contribution >= 0.6 is 0 Å². The van der Waals surface area contributed by atoms with Gasteiger partial charge < -0.3 is 0 Å². The highest BCUT2D eigenvalue weighted by molar-refractivity contribution is 6.05. The second-order valence-electron chi connectivity index (χ2n) is 7.20. The maximum absolute atomic E-state index is 12.9. The molecule has 0 bridgehead atoms. The maximum Gasteiger partial charge on any atom is 0.290 e. The van der Waals surface area contributed by atoms with Crippen molar-refractivity contribution in [3.8, 4) is 0 Å². The molecule has 2 amide bonds. The van der Waals surface area contributed by atoms with E-state index in [1.807, 2.05) is 31.2 Å². The minimum Gasteiger partial charge on any atom is -0.272 e. The summed E-state index contributed by atoms with van der Waals surface area (Å²) in [5, 5.41) is 6.95. The van der Waals surface area contributed by atoms with E-state index in [9.17, 15) is 14.4 Å². The number of aromatic amines is 1. The van der Waals surface area contributed by atoms with Gasteiger partial charge in [-0.25, -0.2) is 5.10 Å². The molecule has 1 atom stereocenters. The zero-order chi connectivity index (χ0) is 19.7. The molecule has 28 heavy (non-hydrogen) atoms. The predicted octanol–water partition coefficient (Wildman–Crippen LogP) is 1.98. The molecule has 1 aliphatic rings. The van der Waals surface area contributed by atoms with Crippen molar-refractivity contribution < 1.29 is 9.59 Å². The van der Waals surface area contributed by atoms with Crippen molar-refractivity contribution in [2.24, 2.45) is 0 Å². The maximum atomic E-state index is 12.9. The average Bonchev–Trinajstić information content (AvgIpc) is 2.72. The number of fused-ring (bicyclic) bond motifs is 2. The normalized spacial score (nSPS) is 18.3. The lowest BCUT2D eigenvalue weighted by molar-refractivity contribution is -0.127. The molecule has 1 aliphatic carbocycles. The molecule has 3 N–H and O–H groups in total. The first-order chi connectivity index (χ1) is 13.5. The lowest BCUT2D eigenvalue weighted by Crippen LogP contribution is -2.51. The van der Waals surface area contributed by atoms with Crippen LogP contribution in [0.4, 0.5) is 0 Å². The standard InChI is InChI=1S/C21H20N4O3/c1-21(12-6-8-13-7-2-5-11-16(13)21)20(28)25-24-19(27)17-14-9-3-4-10-15(14)18(26)23-22-17/h2-5,7,9-11H,6,8,12H2,1H3,(H,23,26)(H,24,27)(H,25,28). The summed E-state index contributed by atoms with van der Waals surface area (Å²) in [4.78, 5) is 37.4. The van der Waals surface area contributed by atoms with E-state index in [4.69, 9.17) is 0 Å². The van der Waals surface area contributed by atoms with Crippen LogP contribution in [0.25, 0.3) is 10.8 Å². The van der Waals surface area contributed by atoms with Gasteiger partial charge in [-0.05, 0) is 43.4 Å². The van der Waals surface area contributed by atoms with Crippen molar-refractivity contribution in [2.75, 3.05) is 0 Å². The molecule has 1 heterocycles. The summed E-state index contributed by atoms with van der Waals surface area (Å²) in [6.45, 7) is 1.89. The molecule has 2 aromatic carbocycles. The third-order valence-corrected chi connectivity index (χ3v) is 5.44. The van der Waals surface area contributed by atoms with Crippen molar-refractivity contribution in [2.45, 2.75) is 31.6 Å². The molecule has 4 rings (SSSR count). The van der Waals surface area contributed by atoms with Crippen LogP contribution in [-0.4, -0.2) is 22.0 Å². The second-order valence-corrected chi connectivity index (χ2v) is 7.20. The predicted molar refractivity (Wildman–Crippen MR) is 105 cm³/mol. The van der Waals surface area contributed by atoms with Gasteiger partial charge in [0, 0.05) is 5.39 Å². The van der Waals surface area contributed by atoms with Crippen LogP contribution in [0.15, 0.2) is 53.3 Å². The van der Waals surface area contributed by atoms with Gasteiger partial charge in [-0.1, -0.05) is 42.5 Å². The second kappa shape index (κ2) is 6.92. The lowest BCUT2D eigenvalue weighted by Gasteiger charge is -2.34. The first-order valence-corrected chi connectivity index (χ1v) is 9.17. The topological polar surface area (TPSA) is 104 Å². The number of H-pyrrole nitrogens is 1. The molecule has 142 valence electrons. The quantitative estimate of drug-likeness (QED) is 0.595. The van der Waals surface area contributed by atoms with E-state index in [2.05, 4.69) is 21.0 Å². The number of nitrogens with one attached hydrogen (secondary N) is 3. The summed E-state index contributed by atoms with van der Waals surface area (Å²) >= 11 is 0. The Balaban J connectivity index is 1.56. The number of aryl methyl sites for hydroxylation is 1. The molecule has 0 spiro atoms. The lowest BCUT2D eigenvalue weighted by atomic mass is 9.71. The Bertz CT molecular complexity index is 1140. The van der Waals surface area contributed by atoms with E-state index in [1.54, 1.807) is 24.3 Å². The highest BCUT2D eigenvalue weighted by Crippen LogP contribution is 2.37. The SMILES string of the molecule is CC1(C(=O)NNC(=O)c2n[nH]c(=O)c3ccccc23)CCCc2ccccc21. The zero-order valence-corrected chi connectivity index (χ0v) is 15.4. The molecule has 0 saturated heterocycles. The summed E-state index contributed by atoms with van der Waals surface area (Å²) in [7, 11) is 0. The Labute approximate surface area is 161 Å². The van der Waals surface area contributed by atoms with E-state index in [0.29, 0.717) is 17.2 Å². The van der Waals surface area contributed by atoms with Crippen LogP contribution in [-0.2, 0) is 16.6 Å². The molecule has 7 nitrogen and oxygen atoms in total. The monoisotopic (exact) mass is 376 g/mol. The number of amides is 2. The molecule has 1 aromatic heterocycles. The van der Waals surface area contributed by atoms with Gasteiger partial charge in [0.1, 0.15) is 0 Å². The fourth-order valence-corrected chi connectivity index (χ4v) is 3.88. The fraction of sp³-hybridized carbons (Fsp3) is 0.238. The van der Waals surface area contributed by atoms with E-state index in [-0.39, 0.29) is 17.2 Å². The summed E-state index contributed by atoms with van der Waals surface area (Å²) in [6.07, 6.45) is 2.55. The number of hydrogen-bond donors (Lipinski definition) is 3. The molecular weight excluding hydrogens is 356 g/mol. The van der Waals surface area contributed by atoms with Gasteiger partial charge in [-0.3, -0.25) is 25.2 Å². The third kappa shape index (κ3) is 2.94. The molecule has 0 radical (unpaired) electrons. The Morgan fingerprint density at radius 2 is 1.75 bits per heavy atom. The van der Waals surface area contributed by atoms with Gasteiger partial charge in [-0.15, -0.1) is 0 Å². The van der Waals surface area contributed by atoms with Gasteiger partial charge in [0.2, 0.25) is 5.91 Å². The van der Waals surface area contributed by atoms with Crippen LogP contribution in [0.2, 0.25) is 0 Å². The van der Waals surface area contributed by atoms with Gasteiger partial charge in [0.25, 0.3) is 11.5 Å². The van der Waals surface area contributed by atoms with E-state index in [1.165, 1.54) is 0 Å². The zero-order valence-electron chi connectivity index (χ0n) is 15.4. The molecule has 1 unspecified atom stereocenters. The first-order valence-electron chi connectivity index (χ1n) is 9.17. The van der Waals surface area contributed by atoms with Crippen LogP contribution in [0.1, 0.15) is 41.4 Å². The molecule has 0 saturated carbocycles. The number of hydrazine groups is 1. The van der Waals surface area contributed by atoms with Crippen LogP contribution in [0.5, 0.6) is 0 Å². The van der Waals surface area contributed by atoms with E-state index < -0.39 is 11.3 Å². The smallest absolute Gasteiger partial charge is 0.272 e.